The van der Waals surface area contributed by atoms with Crippen molar-refractivity contribution in [2.75, 3.05) is 0 Å². The van der Waals surface area contributed by atoms with Crippen LogP contribution in [0.4, 0.5) is 0 Å². The molecule has 0 aromatic carbocycles. The topological polar surface area (TPSA) is 37.3 Å². The molecular weight excluding hydrogens is 152 g/mol. The van der Waals surface area contributed by atoms with Crippen LogP contribution in [-0.4, -0.2) is 17.0 Å². The summed E-state index contributed by atoms with van der Waals surface area (Å²) in [6, 6.07) is 0. The van der Waals surface area contributed by atoms with Gasteiger partial charge >= 0.3 is 0 Å². The van der Waals surface area contributed by atoms with Gasteiger partial charge in [-0.3, -0.25) is 4.79 Å². The van der Waals surface area contributed by atoms with E-state index in [0.29, 0.717) is 17.6 Å². The highest BCUT2D eigenvalue weighted by molar-refractivity contribution is 5.86. The lowest BCUT2D eigenvalue weighted by molar-refractivity contribution is -0.154. The predicted octanol–water partition coefficient (Wildman–Crippen LogP) is 0.982. The monoisotopic (exact) mass is 166 g/mol. The van der Waals surface area contributed by atoms with Gasteiger partial charge in [-0.15, -0.1) is 0 Å². The zero-order valence-corrected chi connectivity index (χ0v) is 7.07. The number of hydrogen-bond donors (Lipinski definition) is 1. The minimum Gasteiger partial charge on any atom is -0.392 e. The molecule has 0 radical (unpaired) electrons. The molecule has 0 spiro atoms. The molecule has 5 atom stereocenters. The summed E-state index contributed by atoms with van der Waals surface area (Å²) >= 11 is 0. The van der Waals surface area contributed by atoms with Gasteiger partial charge in [0.2, 0.25) is 0 Å². The van der Waals surface area contributed by atoms with E-state index in [1.165, 1.54) is 6.42 Å². The highest BCUT2D eigenvalue weighted by atomic mass is 16.3. The van der Waals surface area contributed by atoms with Gasteiger partial charge in [-0.25, -0.2) is 0 Å². The van der Waals surface area contributed by atoms with Gasteiger partial charge in [0, 0.05) is 11.8 Å². The van der Waals surface area contributed by atoms with Gasteiger partial charge in [0.1, 0.15) is 5.78 Å². The van der Waals surface area contributed by atoms with Crippen LogP contribution in [0.2, 0.25) is 0 Å². The number of Topliss-reactive ketones (excluding diaryl/α,β-unsaturated/α-hetero) is 1. The molecule has 2 heteroatoms. The second kappa shape index (κ2) is 2.11. The van der Waals surface area contributed by atoms with Crippen LogP contribution in [0.3, 0.4) is 0 Å². The normalized spacial score (nSPS) is 56.4. The summed E-state index contributed by atoms with van der Waals surface area (Å²) in [4.78, 5) is 11.6. The van der Waals surface area contributed by atoms with E-state index in [-0.39, 0.29) is 12.0 Å². The first-order chi connectivity index (χ1) is 5.75. The molecule has 4 aliphatic rings. The van der Waals surface area contributed by atoms with Crippen LogP contribution >= 0.6 is 0 Å². The van der Waals surface area contributed by atoms with E-state index in [1.807, 2.05) is 0 Å². The van der Waals surface area contributed by atoms with Crippen molar-refractivity contribution in [3.05, 3.63) is 0 Å². The van der Waals surface area contributed by atoms with Crippen LogP contribution in [0.25, 0.3) is 0 Å². The third-order valence-corrected chi connectivity index (χ3v) is 4.09. The summed E-state index contributed by atoms with van der Waals surface area (Å²) in [6.07, 6.45) is 3.98. The van der Waals surface area contributed by atoms with Gasteiger partial charge in [0.25, 0.3) is 0 Å². The highest BCUT2D eigenvalue weighted by Crippen LogP contribution is 2.51. The van der Waals surface area contributed by atoms with E-state index in [2.05, 4.69) is 0 Å². The van der Waals surface area contributed by atoms with Crippen molar-refractivity contribution < 1.29 is 9.90 Å². The van der Waals surface area contributed by atoms with Crippen molar-refractivity contribution >= 4 is 5.78 Å². The summed E-state index contributed by atoms with van der Waals surface area (Å²) in [7, 11) is 0. The number of carbonyl (C=O) groups excluding carboxylic acids is 1. The van der Waals surface area contributed by atoms with Gasteiger partial charge in [0.05, 0.1) is 6.10 Å². The lowest BCUT2D eigenvalue weighted by Gasteiger charge is -2.51. The second-order valence-corrected chi connectivity index (χ2v) is 4.77. The number of carbonyl (C=O) groups is 1. The number of aliphatic hydroxyl groups excluding tert-OH is 1. The summed E-state index contributed by atoms with van der Waals surface area (Å²) < 4.78 is 0. The number of hydrogen-bond acceptors (Lipinski definition) is 2. The predicted molar refractivity (Wildman–Crippen MR) is 43.4 cm³/mol. The molecule has 4 rings (SSSR count). The van der Waals surface area contributed by atoms with Crippen molar-refractivity contribution in [2.45, 2.75) is 31.8 Å². The molecule has 66 valence electrons. The van der Waals surface area contributed by atoms with E-state index in [9.17, 15) is 9.90 Å². The van der Waals surface area contributed by atoms with Crippen LogP contribution in [0.15, 0.2) is 0 Å². The summed E-state index contributed by atoms with van der Waals surface area (Å²) in [5.41, 5.74) is 0. The lowest BCUT2D eigenvalue weighted by Crippen LogP contribution is -2.53. The van der Waals surface area contributed by atoms with Gasteiger partial charge in [0.15, 0.2) is 0 Å². The molecule has 12 heavy (non-hydrogen) atoms. The average molecular weight is 166 g/mol. The molecule has 0 heterocycles. The van der Waals surface area contributed by atoms with Gasteiger partial charge in [-0.2, -0.15) is 0 Å². The first-order valence-corrected chi connectivity index (χ1v) is 4.97. The average Bonchev–Trinajstić information content (AvgIpc) is 2.07. The highest BCUT2D eigenvalue weighted by Gasteiger charge is 2.52. The Bertz CT molecular complexity index is 236. The molecule has 0 saturated heterocycles. The molecule has 0 amide bonds. The SMILES string of the molecule is O=C1[C@H]2C[C@H]3C[C@@H](C2)[C@H](O)[C@H]1C3. The Kier molecular flexibility index (Phi) is 1.24. The van der Waals surface area contributed by atoms with Gasteiger partial charge in [-0.1, -0.05) is 0 Å². The lowest BCUT2D eigenvalue weighted by atomic mass is 9.54. The Balaban J connectivity index is 1.98. The molecule has 4 saturated carbocycles. The molecule has 4 fully saturated rings. The molecular formula is C10H14O2. The first kappa shape index (κ1) is 7.07. The minimum absolute atomic E-state index is 0.0289. The van der Waals surface area contributed by atoms with Crippen LogP contribution in [0, 0.1) is 23.7 Å². The van der Waals surface area contributed by atoms with Crippen LogP contribution in [0.1, 0.15) is 25.7 Å². The third-order valence-electron chi connectivity index (χ3n) is 4.09. The fourth-order valence-electron chi connectivity index (χ4n) is 3.60. The summed E-state index contributed by atoms with van der Waals surface area (Å²) in [5.74, 6) is 1.96. The Morgan fingerprint density at radius 2 is 2.00 bits per heavy atom. The van der Waals surface area contributed by atoms with E-state index in [1.54, 1.807) is 0 Å². The molecule has 4 aliphatic carbocycles. The van der Waals surface area contributed by atoms with Crippen LogP contribution in [-0.2, 0) is 4.79 Å². The van der Waals surface area contributed by atoms with Crippen molar-refractivity contribution in [1.82, 2.24) is 0 Å². The largest absolute Gasteiger partial charge is 0.392 e. The van der Waals surface area contributed by atoms with Crippen LogP contribution in [0.5, 0.6) is 0 Å². The molecule has 1 N–H and O–H groups in total. The second-order valence-electron chi connectivity index (χ2n) is 4.77. The Morgan fingerprint density at radius 3 is 2.83 bits per heavy atom. The molecule has 4 bridgehead atoms. The molecule has 0 aliphatic heterocycles. The van der Waals surface area contributed by atoms with Crippen molar-refractivity contribution in [1.29, 1.82) is 0 Å². The summed E-state index contributed by atoms with van der Waals surface area (Å²) in [5, 5.41) is 9.78. The number of ketones is 1. The van der Waals surface area contributed by atoms with E-state index >= 15 is 0 Å². The van der Waals surface area contributed by atoms with Crippen molar-refractivity contribution in [3.8, 4) is 0 Å². The smallest absolute Gasteiger partial charge is 0.141 e. The maximum absolute atomic E-state index is 11.6. The van der Waals surface area contributed by atoms with Crippen LogP contribution < -0.4 is 0 Å². The number of rotatable bonds is 0. The zero-order chi connectivity index (χ0) is 8.29. The van der Waals surface area contributed by atoms with Crippen molar-refractivity contribution in [2.24, 2.45) is 23.7 Å². The zero-order valence-electron chi connectivity index (χ0n) is 7.07. The Hall–Kier alpha value is -0.370. The molecule has 0 aromatic heterocycles. The van der Waals surface area contributed by atoms with E-state index in [4.69, 9.17) is 0 Å². The number of aliphatic hydroxyl groups is 1. The Morgan fingerprint density at radius 1 is 1.17 bits per heavy atom. The minimum atomic E-state index is -0.287. The van der Waals surface area contributed by atoms with Gasteiger partial charge in [-0.05, 0) is 37.5 Å². The fraction of sp³-hybridized carbons (Fsp3) is 0.900. The van der Waals surface area contributed by atoms with E-state index in [0.717, 1.165) is 25.2 Å². The maximum Gasteiger partial charge on any atom is 0.141 e. The first-order valence-electron chi connectivity index (χ1n) is 4.97. The Labute approximate surface area is 72.0 Å². The molecule has 0 aromatic rings. The molecule has 2 nitrogen and oxygen atoms in total. The fourth-order valence-corrected chi connectivity index (χ4v) is 3.60. The quantitative estimate of drug-likeness (QED) is 0.582. The molecule has 0 unspecified atom stereocenters. The van der Waals surface area contributed by atoms with Gasteiger partial charge < -0.3 is 5.11 Å². The standard InChI is InChI=1S/C10H14O2/c11-9-6-1-5-2-7(4-6)10(12)8(9)3-5/h5-9,11H,1-4H2/t5-,6+,7+,8-,9+/m1/s1. The third kappa shape index (κ3) is 0.717. The maximum atomic E-state index is 11.6. The van der Waals surface area contributed by atoms with E-state index < -0.39 is 0 Å². The van der Waals surface area contributed by atoms with Crippen molar-refractivity contribution in [3.63, 3.8) is 0 Å². The summed E-state index contributed by atoms with van der Waals surface area (Å²) in [6.45, 7) is 0.